The van der Waals surface area contributed by atoms with Gasteiger partial charge >= 0.3 is 0 Å². The molecule has 2 rings (SSSR count). The van der Waals surface area contributed by atoms with E-state index in [1.54, 1.807) is 0 Å². The van der Waals surface area contributed by atoms with Crippen molar-refractivity contribution in [1.29, 1.82) is 0 Å². The van der Waals surface area contributed by atoms with Crippen molar-refractivity contribution >= 4 is 6.08 Å². The molecule has 0 radical (unpaired) electrons. The van der Waals surface area contributed by atoms with E-state index in [1.807, 2.05) is 6.07 Å². The van der Waals surface area contributed by atoms with E-state index in [-0.39, 0.29) is 0 Å². The molecule has 0 fully saturated rings. The maximum absolute atomic E-state index is 2.36. The van der Waals surface area contributed by atoms with Crippen LogP contribution in [0.15, 0.2) is 48.6 Å². The number of nitrogens with zero attached hydrogens (tertiary/aromatic N) is 1. The summed E-state index contributed by atoms with van der Waals surface area (Å²) >= 11 is 0. The highest BCUT2D eigenvalue weighted by Gasteiger charge is 2.11. The molecule has 0 saturated heterocycles. The molecule has 0 amide bonds. The van der Waals surface area contributed by atoms with Crippen LogP contribution in [0, 0.1) is 0 Å². The van der Waals surface area contributed by atoms with E-state index in [2.05, 4.69) is 60.5 Å². The summed E-state index contributed by atoms with van der Waals surface area (Å²) in [7, 11) is 2.17. The lowest BCUT2D eigenvalue weighted by Gasteiger charge is -2.26. The fraction of sp³-hybridized carbons (Fsp3) is 0.286. The molecule has 1 aliphatic rings. The largest absolute Gasteiger partial charge is 0.296 e. The third kappa shape index (κ3) is 2.80. The van der Waals surface area contributed by atoms with Crippen LogP contribution in [0.2, 0.25) is 0 Å². The summed E-state index contributed by atoms with van der Waals surface area (Å²) in [6.45, 7) is 1.06. The summed E-state index contributed by atoms with van der Waals surface area (Å²) in [6, 6.07) is 11.0. The summed E-state index contributed by atoms with van der Waals surface area (Å²) < 4.78 is 0. The SMILES string of the molecule is CN1CC=CC[C@H]1/C=C/c1ccccc1. The molecule has 15 heavy (non-hydrogen) atoms. The molecule has 1 aliphatic heterocycles. The molecule has 1 aromatic carbocycles. The molecule has 0 aliphatic carbocycles. The van der Waals surface area contributed by atoms with Crippen LogP contribution in [0.3, 0.4) is 0 Å². The first kappa shape index (κ1) is 10.2. The molecule has 0 spiro atoms. The zero-order valence-corrected chi connectivity index (χ0v) is 9.13. The molecular formula is C14H17N. The van der Waals surface area contributed by atoms with Crippen molar-refractivity contribution in [2.24, 2.45) is 0 Å². The Bertz CT molecular complexity index is 351. The molecular weight excluding hydrogens is 182 g/mol. The number of likely N-dealkylation sites (N-methyl/N-ethyl adjacent to an activating group) is 1. The Morgan fingerprint density at radius 1 is 1.20 bits per heavy atom. The first-order valence-electron chi connectivity index (χ1n) is 5.45. The second kappa shape index (κ2) is 4.94. The quantitative estimate of drug-likeness (QED) is 0.662. The molecule has 0 unspecified atom stereocenters. The molecule has 78 valence electrons. The molecule has 1 heteroatoms. The average Bonchev–Trinajstić information content (AvgIpc) is 2.29. The van der Waals surface area contributed by atoms with E-state index in [4.69, 9.17) is 0 Å². The lowest BCUT2D eigenvalue weighted by Crippen LogP contribution is -2.32. The van der Waals surface area contributed by atoms with Gasteiger partial charge in [0.25, 0.3) is 0 Å². The van der Waals surface area contributed by atoms with Gasteiger partial charge in [0.1, 0.15) is 0 Å². The third-order valence-corrected chi connectivity index (χ3v) is 2.81. The molecule has 1 heterocycles. The van der Waals surface area contributed by atoms with Crippen LogP contribution in [0.1, 0.15) is 12.0 Å². The predicted molar refractivity (Wildman–Crippen MR) is 65.7 cm³/mol. The zero-order valence-electron chi connectivity index (χ0n) is 9.13. The van der Waals surface area contributed by atoms with Gasteiger partial charge in [-0.25, -0.2) is 0 Å². The molecule has 1 atom stereocenters. The normalized spacial score (nSPS) is 22.3. The van der Waals surface area contributed by atoms with Crippen LogP contribution in [-0.2, 0) is 0 Å². The van der Waals surface area contributed by atoms with Crippen molar-refractivity contribution in [3.8, 4) is 0 Å². The summed E-state index contributed by atoms with van der Waals surface area (Å²) in [5.41, 5.74) is 1.28. The van der Waals surface area contributed by atoms with E-state index < -0.39 is 0 Å². The first-order chi connectivity index (χ1) is 7.36. The van der Waals surface area contributed by atoms with Crippen molar-refractivity contribution in [3.63, 3.8) is 0 Å². The minimum absolute atomic E-state index is 0.551. The number of rotatable bonds is 2. The van der Waals surface area contributed by atoms with E-state index in [0.717, 1.165) is 13.0 Å². The molecule has 0 aromatic heterocycles. The van der Waals surface area contributed by atoms with Gasteiger partial charge in [-0.1, -0.05) is 54.6 Å². The minimum Gasteiger partial charge on any atom is -0.296 e. The highest BCUT2D eigenvalue weighted by Crippen LogP contribution is 2.12. The van der Waals surface area contributed by atoms with Gasteiger partial charge in [0.2, 0.25) is 0 Å². The summed E-state index contributed by atoms with van der Waals surface area (Å²) in [5.74, 6) is 0. The van der Waals surface area contributed by atoms with E-state index >= 15 is 0 Å². The van der Waals surface area contributed by atoms with Crippen LogP contribution in [-0.4, -0.2) is 24.5 Å². The Morgan fingerprint density at radius 3 is 2.73 bits per heavy atom. The lowest BCUT2D eigenvalue weighted by molar-refractivity contribution is 0.302. The Morgan fingerprint density at radius 2 is 2.00 bits per heavy atom. The van der Waals surface area contributed by atoms with Crippen LogP contribution >= 0.6 is 0 Å². The Kier molecular flexibility index (Phi) is 3.36. The Hall–Kier alpha value is -1.34. The summed E-state index contributed by atoms with van der Waals surface area (Å²) in [6.07, 6.45) is 10.1. The number of hydrogen-bond acceptors (Lipinski definition) is 1. The van der Waals surface area contributed by atoms with Gasteiger partial charge in [0.15, 0.2) is 0 Å². The minimum atomic E-state index is 0.551. The summed E-state index contributed by atoms with van der Waals surface area (Å²) in [5, 5.41) is 0. The van der Waals surface area contributed by atoms with Crippen LogP contribution < -0.4 is 0 Å². The van der Waals surface area contributed by atoms with Gasteiger partial charge in [-0.05, 0) is 19.0 Å². The highest BCUT2D eigenvalue weighted by atomic mass is 15.1. The second-order valence-electron chi connectivity index (χ2n) is 3.98. The first-order valence-corrected chi connectivity index (χ1v) is 5.45. The number of hydrogen-bond donors (Lipinski definition) is 0. The Labute approximate surface area is 91.7 Å². The van der Waals surface area contributed by atoms with Crippen LogP contribution in [0.5, 0.6) is 0 Å². The third-order valence-electron chi connectivity index (χ3n) is 2.81. The monoisotopic (exact) mass is 199 g/mol. The van der Waals surface area contributed by atoms with Gasteiger partial charge in [-0.3, -0.25) is 4.90 Å². The van der Waals surface area contributed by atoms with Crippen LogP contribution in [0.4, 0.5) is 0 Å². The highest BCUT2D eigenvalue weighted by molar-refractivity contribution is 5.49. The average molecular weight is 199 g/mol. The van der Waals surface area contributed by atoms with Crippen LogP contribution in [0.25, 0.3) is 6.08 Å². The van der Waals surface area contributed by atoms with Gasteiger partial charge < -0.3 is 0 Å². The zero-order chi connectivity index (χ0) is 10.5. The van der Waals surface area contributed by atoms with Gasteiger partial charge in [0.05, 0.1) is 0 Å². The van der Waals surface area contributed by atoms with Crippen molar-refractivity contribution in [3.05, 3.63) is 54.1 Å². The number of benzene rings is 1. The van der Waals surface area contributed by atoms with Crippen molar-refractivity contribution in [1.82, 2.24) is 4.90 Å². The fourth-order valence-electron chi connectivity index (χ4n) is 1.80. The molecule has 0 saturated carbocycles. The van der Waals surface area contributed by atoms with E-state index in [1.165, 1.54) is 5.56 Å². The fourth-order valence-corrected chi connectivity index (χ4v) is 1.80. The predicted octanol–water partition coefficient (Wildman–Crippen LogP) is 2.96. The van der Waals surface area contributed by atoms with Gasteiger partial charge in [-0.15, -0.1) is 0 Å². The molecule has 1 aromatic rings. The maximum Gasteiger partial charge on any atom is 0.0316 e. The topological polar surface area (TPSA) is 3.24 Å². The lowest BCUT2D eigenvalue weighted by atomic mass is 10.1. The summed E-state index contributed by atoms with van der Waals surface area (Å²) in [4.78, 5) is 2.36. The van der Waals surface area contributed by atoms with Gasteiger partial charge in [-0.2, -0.15) is 0 Å². The maximum atomic E-state index is 2.36. The molecule has 1 nitrogen and oxygen atoms in total. The smallest absolute Gasteiger partial charge is 0.0316 e. The van der Waals surface area contributed by atoms with Gasteiger partial charge in [0, 0.05) is 12.6 Å². The van der Waals surface area contributed by atoms with Crippen molar-refractivity contribution in [2.45, 2.75) is 12.5 Å². The van der Waals surface area contributed by atoms with E-state index in [0.29, 0.717) is 6.04 Å². The second-order valence-corrected chi connectivity index (χ2v) is 3.98. The molecule has 0 N–H and O–H groups in total. The molecule has 0 bridgehead atoms. The Balaban J connectivity index is 2.02. The standard InChI is InChI=1S/C14H17N/c1-15-12-6-5-9-14(15)11-10-13-7-3-2-4-8-13/h2-8,10-11,14H,9,12H2,1H3/b11-10+/t14-/m0/s1. The van der Waals surface area contributed by atoms with E-state index in [9.17, 15) is 0 Å². The van der Waals surface area contributed by atoms with Crippen molar-refractivity contribution in [2.75, 3.05) is 13.6 Å². The van der Waals surface area contributed by atoms with Crippen molar-refractivity contribution < 1.29 is 0 Å².